The number of hydrogen-bond acceptors (Lipinski definition) is 4. The minimum atomic E-state index is -0.917. The third kappa shape index (κ3) is 5.29. The van der Waals surface area contributed by atoms with E-state index in [0.29, 0.717) is 5.56 Å². The molecule has 5 nitrogen and oxygen atoms in total. The van der Waals surface area contributed by atoms with Crippen molar-refractivity contribution in [1.29, 1.82) is 0 Å². The van der Waals surface area contributed by atoms with E-state index in [0.717, 1.165) is 21.9 Å². The number of nitrogens with one attached hydrogen (secondary N) is 1. The Balaban J connectivity index is 1.51. The molecular formula is C24H23NO4. The number of benzene rings is 3. The average molecular weight is 389 g/mol. The Bertz CT molecular complexity index is 1030. The summed E-state index contributed by atoms with van der Waals surface area (Å²) >= 11 is 0. The normalized spacial score (nSPS) is 11.7. The summed E-state index contributed by atoms with van der Waals surface area (Å²) in [6, 6.07) is 20.7. The molecule has 3 aromatic rings. The zero-order chi connectivity index (χ0) is 20.8. The second-order valence-electron chi connectivity index (χ2n) is 6.95. The molecule has 0 spiro atoms. The van der Waals surface area contributed by atoms with Gasteiger partial charge in [-0.1, -0.05) is 72.3 Å². The maximum Gasteiger partial charge on any atom is 0.326 e. The molecule has 0 aromatic heterocycles. The Labute approximate surface area is 169 Å². The predicted molar refractivity (Wildman–Crippen MR) is 112 cm³/mol. The number of esters is 1. The van der Waals surface area contributed by atoms with E-state index < -0.39 is 12.1 Å². The molecule has 0 saturated carbocycles. The van der Waals surface area contributed by atoms with Crippen LogP contribution in [-0.4, -0.2) is 30.3 Å². The molecule has 0 heterocycles. The van der Waals surface area contributed by atoms with Crippen LogP contribution in [0.3, 0.4) is 0 Å². The molecular weight excluding hydrogens is 366 g/mol. The topological polar surface area (TPSA) is 72.5 Å². The second kappa shape index (κ2) is 9.15. The van der Waals surface area contributed by atoms with Gasteiger partial charge in [-0.2, -0.15) is 0 Å². The monoisotopic (exact) mass is 389 g/mol. The van der Waals surface area contributed by atoms with Crippen molar-refractivity contribution >= 4 is 28.4 Å². The van der Waals surface area contributed by atoms with Gasteiger partial charge < -0.3 is 10.1 Å². The van der Waals surface area contributed by atoms with E-state index in [-0.39, 0.29) is 24.7 Å². The van der Waals surface area contributed by atoms with Crippen molar-refractivity contribution in [2.75, 3.05) is 6.54 Å². The number of hydrogen-bond donors (Lipinski definition) is 1. The molecule has 0 saturated heterocycles. The number of Topliss-reactive ketones (excluding diaryl/α,β-unsaturated/α-hetero) is 1. The first-order valence-electron chi connectivity index (χ1n) is 9.48. The maximum absolute atomic E-state index is 12.3. The van der Waals surface area contributed by atoms with Crippen LogP contribution in [0.4, 0.5) is 0 Å². The van der Waals surface area contributed by atoms with Crippen LogP contribution >= 0.6 is 0 Å². The Morgan fingerprint density at radius 2 is 1.62 bits per heavy atom. The average Bonchev–Trinajstić information content (AvgIpc) is 2.72. The van der Waals surface area contributed by atoms with Crippen LogP contribution in [0.5, 0.6) is 0 Å². The number of carbonyl (C=O) groups is 3. The molecule has 148 valence electrons. The van der Waals surface area contributed by atoms with Crippen molar-refractivity contribution in [3.8, 4) is 0 Å². The van der Waals surface area contributed by atoms with Crippen LogP contribution in [0, 0.1) is 6.92 Å². The summed E-state index contributed by atoms with van der Waals surface area (Å²) in [6.07, 6.45) is -0.757. The summed E-state index contributed by atoms with van der Waals surface area (Å²) < 4.78 is 5.16. The molecule has 0 aliphatic rings. The number of ketones is 1. The first kappa shape index (κ1) is 20.3. The molecule has 0 aliphatic carbocycles. The first-order chi connectivity index (χ1) is 13.9. The van der Waals surface area contributed by atoms with Gasteiger partial charge in [0.1, 0.15) is 6.54 Å². The molecule has 0 aliphatic heterocycles. The maximum atomic E-state index is 12.3. The minimum absolute atomic E-state index is 0.159. The van der Waals surface area contributed by atoms with Gasteiger partial charge in [-0.25, -0.2) is 0 Å². The van der Waals surface area contributed by atoms with E-state index in [9.17, 15) is 14.4 Å². The molecule has 0 unspecified atom stereocenters. The van der Waals surface area contributed by atoms with Crippen molar-refractivity contribution in [2.45, 2.75) is 26.4 Å². The lowest BCUT2D eigenvalue weighted by Crippen LogP contribution is -2.34. The molecule has 3 rings (SSSR count). The van der Waals surface area contributed by atoms with E-state index >= 15 is 0 Å². The number of fused-ring (bicyclic) bond motifs is 1. The van der Waals surface area contributed by atoms with Gasteiger partial charge in [0, 0.05) is 5.56 Å². The fourth-order valence-electron chi connectivity index (χ4n) is 3.10. The van der Waals surface area contributed by atoms with Gasteiger partial charge in [-0.05, 0) is 30.2 Å². The molecule has 29 heavy (non-hydrogen) atoms. The highest BCUT2D eigenvalue weighted by Crippen LogP contribution is 2.18. The van der Waals surface area contributed by atoms with Gasteiger partial charge >= 0.3 is 5.97 Å². The second-order valence-corrected chi connectivity index (χ2v) is 6.95. The van der Waals surface area contributed by atoms with Crippen molar-refractivity contribution < 1.29 is 19.1 Å². The van der Waals surface area contributed by atoms with Gasteiger partial charge in [-0.3, -0.25) is 14.4 Å². The van der Waals surface area contributed by atoms with E-state index in [1.54, 1.807) is 12.1 Å². The molecule has 1 amide bonds. The third-order valence-corrected chi connectivity index (χ3v) is 4.67. The van der Waals surface area contributed by atoms with E-state index in [2.05, 4.69) is 5.32 Å². The van der Waals surface area contributed by atoms with Gasteiger partial charge in [0.25, 0.3) is 0 Å². The standard InChI is InChI=1S/C24H23NO4/c1-16-10-12-19(13-11-16)24(28)17(2)29-23(27)15-25-22(26)14-20-8-5-7-18-6-3-4-9-21(18)20/h3-13,17H,14-15H2,1-2H3,(H,25,26)/t17-/m0/s1. The fraction of sp³-hybridized carbons (Fsp3) is 0.208. The molecule has 1 N–H and O–H groups in total. The third-order valence-electron chi connectivity index (χ3n) is 4.67. The van der Waals surface area contributed by atoms with Crippen LogP contribution in [0.15, 0.2) is 66.7 Å². The summed E-state index contributed by atoms with van der Waals surface area (Å²) in [5.74, 6) is -1.21. The zero-order valence-electron chi connectivity index (χ0n) is 16.5. The Hall–Kier alpha value is -3.47. The van der Waals surface area contributed by atoms with Gasteiger partial charge in [-0.15, -0.1) is 0 Å². The summed E-state index contributed by atoms with van der Waals surface area (Å²) in [6.45, 7) is 3.17. The number of rotatable bonds is 7. The van der Waals surface area contributed by atoms with Crippen molar-refractivity contribution in [1.82, 2.24) is 5.32 Å². The van der Waals surface area contributed by atoms with Crippen LogP contribution in [0.2, 0.25) is 0 Å². The highest BCUT2D eigenvalue weighted by molar-refractivity contribution is 6.00. The van der Waals surface area contributed by atoms with Gasteiger partial charge in [0.2, 0.25) is 11.7 Å². The van der Waals surface area contributed by atoms with Crippen LogP contribution in [-0.2, 0) is 20.7 Å². The van der Waals surface area contributed by atoms with Gasteiger partial charge in [0.15, 0.2) is 6.10 Å². The Morgan fingerprint density at radius 3 is 2.38 bits per heavy atom. The fourth-order valence-corrected chi connectivity index (χ4v) is 3.10. The Kier molecular flexibility index (Phi) is 6.39. The number of ether oxygens (including phenoxy) is 1. The number of aryl methyl sites for hydroxylation is 1. The highest BCUT2D eigenvalue weighted by atomic mass is 16.5. The molecule has 1 atom stereocenters. The van der Waals surface area contributed by atoms with E-state index in [1.165, 1.54) is 6.92 Å². The lowest BCUT2D eigenvalue weighted by molar-refractivity contribution is -0.146. The van der Waals surface area contributed by atoms with Crippen molar-refractivity contribution in [3.05, 3.63) is 83.4 Å². The van der Waals surface area contributed by atoms with Gasteiger partial charge in [0.05, 0.1) is 6.42 Å². The van der Waals surface area contributed by atoms with E-state index in [1.807, 2.05) is 61.5 Å². The molecule has 0 fully saturated rings. The highest BCUT2D eigenvalue weighted by Gasteiger charge is 2.19. The molecule has 3 aromatic carbocycles. The predicted octanol–water partition coefficient (Wildman–Crippen LogP) is 3.62. The molecule has 5 heteroatoms. The summed E-state index contributed by atoms with van der Waals surface area (Å²) in [4.78, 5) is 36.6. The van der Waals surface area contributed by atoms with Crippen molar-refractivity contribution in [3.63, 3.8) is 0 Å². The van der Waals surface area contributed by atoms with E-state index in [4.69, 9.17) is 4.74 Å². The van der Waals surface area contributed by atoms with Crippen molar-refractivity contribution in [2.24, 2.45) is 0 Å². The molecule has 0 radical (unpaired) electrons. The van der Waals surface area contributed by atoms with Crippen LogP contribution < -0.4 is 5.32 Å². The summed E-state index contributed by atoms with van der Waals surface area (Å²) in [7, 11) is 0. The summed E-state index contributed by atoms with van der Waals surface area (Å²) in [5.41, 5.74) is 2.41. The lowest BCUT2D eigenvalue weighted by atomic mass is 10.0. The quantitative estimate of drug-likeness (QED) is 0.495. The van der Waals surface area contributed by atoms with Crippen LogP contribution in [0.25, 0.3) is 10.8 Å². The first-order valence-corrected chi connectivity index (χ1v) is 9.48. The lowest BCUT2D eigenvalue weighted by Gasteiger charge is -2.13. The SMILES string of the molecule is Cc1ccc(C(=O)[C@H](C)OC(=O)CNC(=O)Cc2cccc3ccccc23)cc1. The zero-order valence-corrected chi connectivity index (χ0v) is 16.5. The number of carbonyl (C=O) groups excluding carboxylic acids is 3. The molecule has 0 bridgehead atoms. The smallest absolute Gasteiger partial charge is 0.326 e. The summed E-state index contributed by atoms with van der Waals surface area (Å²) in [5, 5.41) is 4.62. The number of amides is 1. The largest absolute Gasteiger partial charge is 0.453 e. The minimum Gasteiger partial charge on any atom is -0.453 e. The Morgan fingerprint density at radius 1 is 0.931 bits per heavy atom. The van der Waals surface area contributed by atoms with Crippen LogP contribution in [0.1, 0.15) is 28.4 Å².